The summed E-state index contributed by atoms with van der Waals surface area (Å²) in [4.78, 5) is 22.3. The van der Waals surface area contributed by atoms with Crippen molar-refractivity contribution in [3.63, 3.8) is 0 Å². The molecule has 0 saturated heterocycles. The van der Waals surface area contributed by atoms with Crippen LogP contribution in [0.2, 0.25) is 0 Å². The molecule has 0 aromatic rings. The van der Waals surface area contributed by atoms with Crippen molar-refractivity contribution in [2.24, 2.45) is 0 Å². The number of hydrogen-bond donors (Lipinski definition) is 2. The molecule has 0 aliphatic heterocycles. The van der Waals surface area contributed by atoms with E-state index in [0.717, 1.165) is 5.57 Å². The van der Waals surface area contributed by atoms with Crippen LogP contribution in [0.1, 0.15) is 41.0 Å². The second-order valence-electron chi connectivity index (χ2n) is 5.05. The van der Waals surface area contributed by atoms with Gasteiger partial charge in [-0.3, -0.25) is 0 Å². The Morgan fingerprint density at radius 1 is 1.35 bits per heavy atom. The Hall–Kier alpha value is -1.52. The first-order valence-electron chi connectivity index (χ1n) is 5.47. The third kappa shape index (κ3) is 8.30. The van der Waals surface area contributed by atoms with Gasteiger partial charge in [0.15, 0.2) is 0 Å². The van der Waals surface area contributed by atoms with Crippen LogP contribution >= 0.6 is 0 Å². The first-order chi connectivity index (χ1) is 7.61. The van der Waals surface area contributed by atoms with Crippen LogP contribution in [0.15, 0.2) is 11.6 Å². The molecule has 1 amide bonds. The smallest absolute Gasteiger partial charge is 0.408 e. The molecule has 98 valence electrons. The molecule has 1 atom stereocenters. The van der Waals surface area contributed by atoms with Gasteiger partial charge in [0.05, 0.1) is 0 Å². The molecule has 0 aliphatic rings. The predicted molar refractivity (Wildman–Crippen MR) is 64.8 cm³/mol. The minimum absolute atomic E-state index is 0.247. The van der Waals surface area contributed by atoms with Crippen molar-refractivity contribution in [2.45, 2.75) is 52.7 Å². The van der Waals surface area contributed by atoms with Crippen molar-refractivity contribution in [1.82, 2.24) is 5.32 Å². The standard InChI is InChI=1S/C12H21NO4/c1-8(2)6-7-9(10(14)15)13-11(16)17-12(3,4)5/h6,9H,7H2,1-5H3,(H,13,16)(H,14,15)/t9-/m0/s1. The highest BCUT2D eigenvalue weighted by molar-refractivity contribution is 5.80. The number of carboxylic acids is 1. The fourth-order valence-electron chi connectivity index (χ4n) is 1.02. The number of carbonyl (C=O) groups is 2. The molecule has 5 heteroatoms. The van der Waals surface area contributed by atoms with Gasteiger partial charge in [-0.1, -0.05) is 11.6 Å². The summed E-state index contributed by atoms with van der Waals surface area (Å²) in [5, 5.41) is 11.3. The van der Waals surface area contributed by atoms with Gasteiger partial charge < -0.3 is 15.2 Å². The van der Waals surface area contributed by atoms with Crippen molar-refractivity contribution >= 4 is 12.1 Å². The first-order valence-corrected chi connectivity index (χ1v) is 5.47. The van der Waals surface area contributed by atoms with Crippen molar-refractivity contribution in [3.8, 4) is 0 Å². The number of amides is 1. The van der Waals surface area contributed by atoms with E-state index in [1.165, 1.54) is 0 Å². The molecule has 0 bridgehead atoms. The van der Waals surface area contributed by atoms with E-state index in [-0.39, 0.29) is 6.42 Å². The summed E-state index contributed by atoms with van der Waals surface area (Å²) in [6, 6.07) is -0.959. The molecule has 0 aromatic carbocycles. The van der Waals surface area contributed by atoms with Crippen LogP contribution in [0.4, 0.5) is 4.79 Å². The molecule has 0 fully saturated rings. The molecule has 0 radical (unpaired) electrons. The maximum absolute atomic E-state index is 11.4. The summed E-state index contributed by atoms with van der Waals surface area (Å²) in [6.45, 7) is 8.90. The number of alkyl carbamates (subject to hydrolysis) is 1. The molecule has 2 N–H and O–H groups in total. The average Bonchev–Trinajstić information content (AvgIpc) is 2.08. The Morgan fingerprint density at radius 2 is 1.88 bits per heavy atom. The van der Waals surface area contributed by atoms with Crippen LogP contribution in [0.25, 0.3) is 0 Å². The number of carbonyl (C=O) groups excluding carboxylic acids is 1. The lowest BCUT2D eigenvalue weighted by Gasteiger charge is -2.21. The second-order valence-corrected chi connectivity index (χ2v) is 5.05. The van der Waals surface area contributed by atoms with E-state index >= 15 is 0 Å². The van der Waals surface area contributed by atoms with E-state index in [4.69, 9.17) is 9.84 Å². The minimum Gasteiger partial charge on any atom is -0.480 e. The molecule has 0 aliphatic carbocycles. The molecule has 0 unspecified atom stereocenters. The fraction of sp³-hybridized carbons (Fsp3) is 0.667. The number of carboxylic acid groups (broad SMARTS) is 1. The van der Waals surface area contributed by atoms with Crippen molar-refractivity contribution < 1.29 is 19.4 Å². The van der Waals surface area contributed by atoms with Crippen LogP contribution in [0.5, 0.6) is 0 Å². The highest BCUT2D eigenvalue weighted by atomic mass is 16.6. The SMILES string of the molecule is CC(C)=CC[C@H](NC(=O)OC(C)(C)C)C(=O)O. The Labute approximate surface area is 102 Å². The Balaban J connectivity index is 4.41. The van der Waals surface area contributed by atoms with E-state index in [9.17, 15) is 9.59 Å². The van der Waals surface area contributed by atoms with Crippen LogP contribution in [-0.4, -0.2) is 28.8 Å². The first kappa shape index (κ1) is 15.5. The molecule has 17 heavy (non-hydrogen) atoms. The number of nitrogens with one attached hydrogen (secondary N) is 1. The predicted octanol–water partition coefficient (Wildman–Crippen LogP) is 2.32. The van der Waals surface area contributed by atoms with E-state index in [1.807, 2.05) is 13.8 Å². The van der Waals surface area contributed by atoms with Crippen molar-refractivity contribution in [1.29, 1.82) is 0 Å². The van der Waals surface area contributed by atoms with Gasteiger partial charge in [0.25, 0.3) is 0 Å². The van der Waals surface area contributed by atoms with Gasteiger partial charge in [0.2, 0.25) is 0 Å². The lowest BCUT2D eigenvalue weighted by Crippen LogP contribution is -2.43. The number of rotatable bonds is 4. The van der Waals surface area contributed by atoms with E-state index < -0.39 is 23.7 Å². The monoisotopic (exact) mass is 243 g/mol. The maximum atomic E-state index is 11.4. The van der Waals surface area contributed by atoms with Crippen LogP contribution in [0, 0.1) is 0 Å². The number of allylic oxidation sites excluding steroid dienone is 1. The summed E-state index contributed by atoms with van der Waals surface area (Å²) in [6.07, 6.45) is 1.29. The van der Waals surface area contributed by atoms with Gasteiger partial charge in [0.1, 0.15) is 11.6 Å². The average molecular weight is 243 g/mol. The molecule has 0 heterocycles. The molecular formula is C12H21NO4. The van der Waals surface area contributed by atoms with Gasteiger partial charge >= 0.3 is 12.1 Å². The summed E-state index contributed by atoms with van der Waals surface area (Å²) in [7, 11) is 0. The Bertz CT molecular complexity index is 311. The molecular weight excluding hydrogens is 222 g/mol. The van der Waals surface area contributed by atoms with Crippen LogP contribution in [-0.2, 0) is 9.53 Å². The Kier molecular flexibility index (Phi) is 5.71. The maximum Gasteiger partial charge on any atom is 0.408 e. The third-order valence-corrected chi connectivity index (χ3v) is 1.75. The number of hydrogen-bond acceptors (Lipinski definition) is 3. The van der Waals surface area contributed by atoms with Crippen LogP contribution < -0.4 is 5.32 Å². The molecule has 0 saturated carbocycles. The zero-order valence-corrected chi connectivity index (χ0v) is 11.0. The van der Waals surface area contributed by atoms with Crippen molar-refractivity contribution in [2.75, 3.05) is 0 Å². The molecule has 5 nitrogen and oxygen atoms in total. The normalized spacial score (nSPS) is 12.5. The topological polar surface area (TPSA) is 75.6 Å². The number of ether oxygens (including phenoxy) is 1. The second kappa shape index (κ2) is 6.27. The lowest BCUT2D eigenvalue weighted by atomic mass is 10.1. The van der Waals surface area contributed by atoms with Gasteiger partial charge in [-0.25, -0.2) is 9.59 Å². The quantitative estimate of drug-likeness (QED) is 0.743. The zero-order chi connectivity index (χ0) is 13.6. The zero-order valence-electron chi connectivity index (χ0n) is 11.0. The van der Waals surface area contributed by atoms with Crippen molar-refractivity contribution in [3.05, 3.63) is 11.6 Å². The summed E-state index contributed by atoms with van der Waals surface area (Å²) >= 11 is 0. The Morgan fingerprint density at radius 3 is 2.24 bits per heavy atom. The largest absolute Gasteiger partial charge is 0.480 e. The third-order valence-electron chi connectivity index (χ3n) is 1.75. The summed E-state index contributed by atoms with van der Waals surface area (Å²) < 4.78 is 4.99. The van der Waals surface area contributed by atoms with E-state index in [1.54, 1.807) is 26.8 Å². The highest BCUT2D eigenvalue weighted by Gasteiger charge is 2.22. The minimum atomic E-state index is -1.08. The summed E-state index contributed by atoms with van der Waals surface area (Å²) in [5.74, 6) is -1.08. The molecule has 0 spiro atoms. The van der Waals surface area contributed by atoms with Gasteiger partial charge in [-0.2, -0.15) is 0 Å². The highest BCUT2D eigenvalue weighted by Crippen LogP contribution is 2.07. The molecule has 0 aromatic heterocycles. The molecule has 0 rings (SSSR count). The number of aliphatic carboxylic acids is 1. The lowest BCUT2D eigenvalue weighted by molar-refractivity contribution is -0.139. The van der Waals surface area contributed by atoms with E-state index in [2.05, 4.69) is 5.32 Å². The van der Waals surface area contributed by atoms with Gasteiger partial charge in [-0.05, 0) is 41.0 Å². The van der Waals surface area contributed by atoms with E-state index in [0.29, 0.717) is 0 Å². The fourth-order valence-corrected chi connectivity index (χ4v) is 1.02. The summed E-state index contributed by atoms with van der Waals surface area (Å²) in [5.41, 5.74) is 0.367. The van der Waals surface area contributed by atoms with Gasteiger partial charge in [-0.15, -0.1) is 0 Å². The van der Waals surface area contributed by atoms with Gasteiger partial charge in [0, 0.05) is 0 Å². The van der Waals surface area contributed by atoms with Crippen LogP contribution in [0.3, 0.4) is 0 Å².